The fraction of sp³-hybridized carbons (Fsp3) is 0.200. The molecule has 0 aliphatic carbocycles. The second-order valence-electron chi connectivity index (χ2n) is 3.16. The van der Waals surface area contributed by atoms with Gasteiger partial charge in [-0.3, -0.25) is 10.1 Å². The average Bonchev–Trinajstić information content (AvgIpc) is 2.25. The van der Waals surface area contributed by atoms with Gasteiger partial charge in [-0.15, -0.1) is 0 Å². The molecule has 1 aromatic rings. The maximum absolute atomic E-state index is 11.1. The van der Waals surface area contributed by atoms with Crippen LogP contribution in [-0.2, 0) is 11.3 Å². The number of benzene rings is 1. The van der Waals surface area contributed by atoms with Crippen molar-refractivity contribution in [1.82, 2.24) is 5.32 Å². The first-order chi connectivity index (χ1) is 8.02. The van der Waals surface area contributed by atoms with Crippen molar-refractivity contribution in [3.63, 3.8) is 0 Å². The summed E-state index contributed by atoms with van der Waals surface area (Å²) in [5.74, 6) is -0.236. The van der Waals surface area contributed by atoms with Crippen LogP contribution < -0.4 is 21.5 Å². The minimum atomic E-state index is -0.927. The van der Waals surface area contributed by atoms with E-state index in [-0.39, 0.29) is 13.2 Å². The lowest BCUT2D eigenvalue weighted by molar-refractivity contribution is -0.121. The van der Waals surface area contributed by atoms with Crippen LogP contribution in [0.25, 0.3) is 0 Å². The summed E-state index contributed by atoms with van der Waals surface area (Å²) in [4.78, 5) is 21.5. The molecule has 0 saturated carbocycles. The van der Waals surface area contributed by atoms with Gasteiger partial charge in [0.25, 0.3) is 5.91 Å². The highest BCUT2D eigenvalue weighted by molar-refractivity contribution is 6.30. The van der Waals surface area contributed by atoms with E-state index < -0.39 is 11.9 Å². The Morgan fingerprint density at radius 1 is 1.41 bits per heavy atom. The fourth-order valence-electron chi connectivity index (χ4n) is 1.15. The summed E-state index contributed by atoms with van der Waals surface area (Å²) in [5.41, 5.74) is 11.0. The molecule has 1 aromatic carbocycles. The molecule has 0 fully saturated rings. The first-order valence-electron chi connectivity index (χ1n) is 4.73. The largest absolute Gasteiger partial charge is 0.483 e. The lowest BCUT2D eigenvalue weighted by atomic mass is 10.2. The number of nitrogens with one attached hydrogen (secondary N) is 1. The monoisotopic (exact) mass is 257 g/mol. The number of primary amides is 1. The van der Waals surface area contributed by atoms with Gasteiger partial charge in [0.15, 0.2) is 6.61 Å². The Balaban J connectivity index is 2.65. The Labute approximate surface area is 103 Å². The third kappa shape index (κ3) is 4.29. The van der Waals surface area contributed by atoms with Gasteiger partial charge in [0.05, 0.1) is 0 Å². The van der Waals surface area contributed by atoms with Crippen LogP contribution in [0, 0.1) is 0 Å². The summed E-state index contributed by atoms with van der Waals surface area (Å²) in [7, 11) is 0. The standard InChI is InChI=1S/C10H12ClN3O3/c11-7-2-1-6(4-12)8(3-7)17-5-9(15)14-10(13)16/h1-3H,4-5,12H2,(H3,13,14,15,16). The first kappa shape index (κ1) is 13.3. The van der Waals surface area contributed by atoms with Gasteiger partial charge in [-0.25, -0.2) is 4.79 Å². The number of hydrogen-bond acceptors (Lipinski definition) is 4. The van der Waals surface area contributed by atoms with Gasteiger partial charge in [-0.2, -0.15) is 0 Å². The van der Waals surface area contributed by atoms with Crippen LogP contribution in [0.1, 0.15) is 5.56 Å². The number of carbonyl (C=O) groups excluding carboxylic acids is 2. The number of nitrogens with two attached hydrogens (primary N) is 2. The topological polar surface area (TPSA) is 107 Å². The zero-order valence-electron chi connectivity index (χ0n) is 8.90. The zero-order valence-corrected chi connectivity index (χ0v) is 9.66. The van der Waals surface area contributed by atoms with Gasteiger partial charge >= 0.3 is 6.03 Å². The first-order valence-corrected chi connectivity index (χ1v) is 5.11. The summed E-state index contributed by atoms with van der Waals surface area (Å²) in [6.07, 6.45) is 0. The number of halogens is 1. The van der Waals surface area contributed by atoms with Crippen molar-refractivity contribution < 1.29 is 14.3 Å². The van der Waals surface area contributed by atoms with Crippen LogP contribution in [0.5, 0.6) is 5.75 Å². The molecule has 1 rings (SSSR count). The van der Waals surface area contributed by atoms with E-state index in [1.165, 1.54) is 0 Å². The Kier molecular flexibility index (Phi) is 4.74. The predicted octanol–water partition coefficient (Wildman–Crippen LogP) is 0.372. The minimum absolute atomic E-state index is 0.254. The Hall–Kier alpha value is -1.79. The van der Waals surface area contributed by atoms with Crippen molar-refractivity contribution in [3.05, 3.63) is 28.8 Å². The molecule has 0 atom stereocenters. The third-order valence-corrected chi connectivity index (χ3v) is 2.11. The molecular weight excluding hydrogens is 246 g/mol. The second kappa shape index (κ2) is 6.07. The van der Waals surface area contributed by atoms with Crippen LogP contribution in [-0.4, -0.2) is 18.5 Å². The van der Waals surface area contributed by atoms with E-state index in [1.807, 2.05) is 5.32 Å². The van der Waals surface area contributed by atoms with E-state index in [1.54, 1.807) is 18.2 Å². The number of imide groups is 1. The number of rotatable bonds is 4. The SMILES string of the molecule is NCc1ccc(Cl)cc1OCC(=O)NC(N)=O. The van der Waals surface area contributed by atoms with Crippen LogP contribution in [0.3, 0.4) is 0 Å². The van der Waals surface area contributed by atoms with Gasteiger partial charge in [0, 0.05) is 17.1 Å². The highest BCUT2D eigenvalue weighted by Gasteiger charge is 2.08. The molecule has 0 saturated heterocycles. The van der Waals surface area contributed by atoms with Crippen LogP contribution in [0.15, 0.2) is 18.2 Å². The van der Waals surface area contributed by atoms with Gasteiger partial charge in [0.2, 0.25) is 0 Å². The molecule has 0 bridgehead atoms. The molecular formula is C10H12ClN3O3. The molecule has 5 N–H and O–H groups in total. The predicted molar refractivity (Wildman–Crippen MR) is 62.6 cm³/mol. The Bertz CT molecular complexity index is 437. The lowest BCUT2D eigenvalue weighted by Crippen LogP contribution is -2.38. The molecule has 6 nitrogen and oxygen atoms in total. The molecule has 92 valence electrons. The average molecular weight is 258 g/mol. The van der Waals surface area contributed by atoms with Gasteiger partial charge in [-0.05, 0) is 12.1 Å². The number of carbonyl (C=O) groups is 2. The number of urea groups is 1. The molecule has 0 aliphatic rings. The molecule has 17 heavy (non-hydrogen) atoms. The highest BCUT2D eigenvalue weighted by atomic mass is 35.5. The molecule has 0 spiro atoms. The molecule has 0 radical (unpaired) electrons. The maximum atomic E-state index is 11.1. The fourth-order valence-corrected chi connectivity index (χ4v) is 1.31. The normalized spacial score (nSPS) is 9.76. The lowest BCUT2D eigenvalue weighted by Gasteiger charge is -2.10. The van der Waals surface area contributed by atoms with E-state index in [9.17, 15) is 9.59 Å². The van der Waals surface area contributed by atoms with Crippen molar-refractivity contribution in [2.75, 3.05) is 6.61 Å². The van der Waals surface area contributed by atoms with Crippen LogP contribution in [0.4, 0.5) is 4.79 Å². The maximum Gasteiger partial charge on any atom is 0.318 e. The van der Waals surface area contributed by atoms with Crippen molar-refractivity contribution in [2.24, 2.45) is 11.5 Å². The third-order valence-electron chi connectivity index (χ3n) is 1.87. The number of hydrogen-bond donors (Lipinski definition) is 3. The molecule has 7 heteroatoms. The summed E-state index contributed by atoms with van der Waals surface area (Å²) in [6, 6.07) is 3.98. The second-order valence-corrected chi connectivity index (χ2v) is 3.59. The Morgan fingerprint density at radius 2 is 2.12 bits per heavy atom. The number of amides is 3. The summed E-state index contributed by atoms with van der Waals surface area (Å²) in [6.45, 7) is -0.0831. The van der Waals surface area contributed by atoms with Crippen LogP contribution in [0.2, 0.25) is 5.02 Å². The molecule has 0 unspecified atom stereocenters. The van der Waals surface area contributed by atoms with Crippen molar-refractivity contribution in [2.45, 2.75) is 6.54 Å². The van der Waals surface area contributed by atoms with Crippen molar-refractivity contribution in [3.8, 4) is 5.75 Å². The van der Waals surface area contributed by atoms with Crippen LogP contribution >= 0.6 is 11.6 Å². The molecule has 0 aliphatic heterocycles. The summed E-state index contributed by atoms with van der Waals surface area (Å²) >= 11 is 5.78. The summed E-state index contributed by atoms with van der Waals surface area (Å²) < 4.78 is 5.19. The highest BCUT2D eigenvalue weighted by Crippen LogP contribution is 2.22. The quantitative estimate of drug-likeness (QED) is 0.724. The van der Waals surface area contributed by atoms with E-state index >= 15 is 0 Å². The molecule has 0 aromatic heterocycles. The van der Waals surface area contributed by atoms with Crippen molar-refractivity contribution in [1.29, 1.82) is 0 Å². The Morgan fingerprint density at radius 3 is 2.71 bits per heavy atom. The minimum Gasteiger partial charge on any atom is -0.483 e. The smallest absolute Gasteiger partial charge is 0.318 e. The van der Waals surface area contributed by atoms with Gasteiger partial charge in [0.1, 0.15) is 5.75 Å². The van der Waals surface area contributed by atoms with E-state index in [0.29, 0.717) is 16.3 Å². The van der Waals surface area contributed by atoms with Gasteiger partial charge in [-0.1, -0.05) is 17.7 Å². The summed E-state index contributed by atoms with van der Waals surface area (Å²) in [5, 5.41) is 2.34. The van der Waals surface area contributed by atoms with E-state index in [0.717, 1.165) is 0 Å². The number of ether oxygens (including phenoxy) is 1. The van der Waals surface area contributed by atoms with Crippen molar-refractivity contribution >= 4 is 23.5 Å². The van der Waals surface area contributed by atoms with E-state index in [4.69, 9.17) is 27.8 Å². The zero-order chi connectivity index (χ0) is 12.8. The molecule has 0 heterocycles. The van der Waals surface area contributed by atoms with E-state index in [2.05, 4.69) is 0 Å². The molecule has 3 amide bonds. The van der Waals surface area contributed by atoms with Gasteiger partial charge < -0.3 is 16.2 Å².